The maximum Gasteiger partial charge on any atom is 0.124 e. The van der Waals surface area contributed by atoms with Crippen molar-refractivity contribution in [1.29, 1.82) is 0 Å². The maximum absolute atomic E-state index is 13.3. The Bertz CT molecular complexity index is 516. The van der Waals surface area contributed by atoms with Crippen molar-refractivity contribution in [3.63, 3.8) is 0 Å². The van der Waals surface area contributed by atoms with Gasteiger partial charge in [-0.05, 0) is 49.9 Å². The first-order valence-corrected chi connectivity index (χ1v) is 6.66. The van der Waals surface area contributed by atoms with Gasteiger partial charge >= 0.3 is 0 Å². The summed E-state index contributed by atoms with van der Waals surface area (Å²) >= 11 is 3.32. The highest BCUT2D eigenvalue weighted by atomic mass is 79.9. The average molecular weight is 311 g/mol. The smallest absolute Gasteiger partial charge is 0.124 e. The number of hydrogen-bond acceptors (Lipinski definition) is 1. The third-order valence-electron chi connectivity index (χ3n) is 3.02. The summed E-state index contributed by atoms with van der Waals surface area (Å²) < 4.78 is 16.2. The van der Waals surface area contributed by atoms with E-state index in [1.54, 1.807) is 6.07 Å². The van der Waals surface area contributed by atoms with E-state index in [4.69, 9.17) is 0 Å². The third kappa shape index (κ3) is 3.00. The fourth-order valence-corrected chi connectivity index (χ4v) is 2.52. The molecule has 96 valence electrons. The molecule has 2 rings (SSSR count). The Kier molecular flexibility index (Phi) is 4.19. The molecule has 0 aliphatic heterocycles. The zero-order chi connectivity index (χ0) is 13.1. The summed E-state index contributed by atoms with van der Waals surface area (Å²) in [6.07, 6.45) is 2.02. The van der Waals surface area contributed by atoms with Gasteiger partial charge in [0.25, 0.3) is 0 Å². The van der Waals surface area contributed by atoms with Gasteiger partial charge in [0, 0.05) is 29.0 Å². The van der Waals surface area contributed by atoms with E-state index in [1.807, 2.05) is 25.4 Å². The van der Waals surface area contributed by atoms with Crippen LogP contribution in [0.2, 0.25) is 0 Å². The van der Waals surface area contributed by atoms with Gasteiger partial charge < -0.3 is 9.88 Å². The minimum atomic E-state index is -0.213. The number of nitrogens with one attached hydrogen (secondary N) is 1. The molecule has 0 saturated heterocycles. The molecule has 1 aromatic carbocycles. The predicted octanol–water partition coefficient (Wildman–Crippen LogP) is 3.72. The molecule has 1 N–H and O–H groups in total. The van der Waals surface area contributed by atoms with Gasteiger partial charge in [0.05, 0.1) is 0 Å². The van der Waals surface area contributed by atoms with E-state index in [0.717, 1.165) is 10.0 Å². The van der Waals surface area contributed by atoms with Crippen LogP contribution in [0.4, 0.5) is 4.39 Å². The monoisotopic (exact) mass is 310 g/mol. The number of benzene rings is 1. The Morgan fingerprint density at radius 1 is 1.39 bits per heavy atom. The molecule has 18 heavy (non-hydrogen) atoms. The Morgan fingerprint density at radius 2 is 2.17 bits per heavy atom. The quantitative estimate of drug-likeness (QED) is 0.910. The molecular formula is C14H16BrFN2. The van der Waals surface area contributed by atoms with Crippen LogP contribution in [-0.2, 0) is 6.54 Å². The van der Waals surface area contributed by atoms with E-state index >= 15 is 0 Å². The summed E-state index contributed by atoms with van der Waals surface area (Å²) in [5.41, 5.74) is 2.14. The van der Waals surface area contributed by atoms with Crippen LogP contribution in [0.3, 0.4) is 0 Å². The lowest BCUT2D eigenvalue weighted by Gasteiger charge is -2.15. The van der Waals surface area contributed by atoms with Crippen LogP contribution < -0.4 is 5.32 Å². The minimum absolute atomic E-state index is 0.213. The maximum atomic E-state index is 13.3. The van der Waals surface area contributed by atoms with Gasteiger partial charge in [-0.15, -0.1) is 0 Å². The van der Waals surface area contributed by atoms with Crippen molar-refractivity contribution in [2.24, 2.45) is 0 Å². The number of halogens is 2. The van der Waals surface area contributed by atoms with Crippen LogP contribution in [0.15, 0.2) is 41.0 Å². The Morgan fingerprint density at radius 3 is 2.83 bits per heavy atom. The lowest BCUT2D eigenvalue weighted by molar-refractivity contribution is 0.586. The van der Waals surface area contributed by atoms with E-state index < -0.39 is 0 Å². The number of hydrogen-bond donors (Lipinski definition) is 1. The van der Waals surface area contributed by atoms with Crippen molar-refractivity contribution in [3.8, 4) is 0 Å². The van der Waals surface area contributed by atoms with Gasteiger partial charge in [-0.3, -0.25) is 0 Å². The first-order chi connectivity index (χ1) is 8.60. The number of aromatic nitrogens is 1. The normalized spacial score (nSPS) is 12.7. The Balaban J connectivity index is 2.26. The molecule has 1 unspecified atom stereocenters. The van der Waals surface area contributed by atoms with Crippen LogP contribution in [0.25, 0.3) is 0 Å². The highest BCUT2D eigenvalue weighted by Crippen LogP contribution is 2.18. The van der Waals surface area contributed by atoms with Crippen LogP contribution in [0.5, 0.6) is 0 Å². The second kappa shape index (κ2) is 5.67. The minimum Gasteiger partial charge on any atom is -0.346 e. The van der Waals surface area contributed by atoms with Gasteiger partial charge in [0.2, 0.25) is 0 Å². The summed E-state index contributed by atoms with van der Waals surface area (Å²) in [6, 6.07) is 9.34. The lowest BCUT2D eigenvalue weighted by Crippen LogP contribution is -2.16. The van der Waals surface area contributed by atoms with E-state index in [1.165, 1.54) is 11.8 Å². The van der Waals surface area contributed by atoms with Crippen molar-refractivity contribution in [2.45, 2.75) is 19.5 Å². The second-order valence-corrected chi connectivity index (χ2v) is 5.26. The third-order valence-corrected chi connectivity index (χ3v) is 3.47. The highest BCUT2D eigenvalue weighted by molar-refractivity contribution is 9.10. The van der Waals surface area contributed by atoms with Crippen molar-refractivity contribution in [2.75, 3.05) is 7.05 Å². The largest absolute Gasteiger partial charge is 0.346 e. The Labute approximate surface area is 115 Å². The molecule has 2 nitrogen and oxygen atoms in total. The van der Waals surface area contributed by atoms with Gasteiger partial charge in [0.1, 0.15) is 5.82 Å². The standard InChI is InChI=1S/C14H16BrFN2/c1-10(17-2)14-4-3-5-18(14)9-11-6-12(15)8-13(16)7-11/h3-8,10,17H,9H2,1-2H3. The lowest BCUT2D eigenvalue weighted by atomic mass is 10.2. The van der Waals surface area contributed by atoms with Crippen molar-refractivity contribution >= 4 is 15.9 Å². The summed E-state index contributed by atoms with van der Waals surface area (Å²) in [6.45, 7) is 2.78. The topological polar surface area (TPSA) is 17.0 Å². The van der Waals surface area contributed by atoms with Crippen molar-refractivity contribution < 1.29 is 4.39 Å². The fraction of sp³-hybridized carbons (Fsp3) is 0.286. The Hall–Kier alpha value is -1.13. The molecule has 1 heterocycles. The van der Waals surface area contributed by atoms with Crippen LogP contribution in [0.1, 0.15) is 24.2 Å². The summed E-state index contributed by atoms with van der Waals surface area (Å²) in [5.74, 6) is -0.213. The van der Waals surface area contributed by atoms with Crippen molar-refractivity contribution in [1.82, 2.24) is 9.88 Å². The van der Waals surface area contributed by atoms with E-state index in [-0.39, 0.29) is 11.9 Å². The van der Waals surface area contributed by atoms with Crippen molar-refractivity contribution in [3.05, 3.63) is 58.1 Å². The first kappa shape index (κ1) is 13.3. The van der Waals surface area contributed by atoms with E-state index in [0.29, 0.717) is 6.54 Å². The molecule has 0 aliphatic rings. The van der Waals surface area contributed by atoms with Gasteiger partial charge in [-0.2, -0.15) is 0 Å². The summed E-state index contributed by atoms with van der Waals surface area (Å²) in [5, 5.41) is 3.21. The molecule has 0 saturated carbocycles. The molecule has 0 amide bonds. The molecule has 1 atom stereocenters. The summed E-state index contributed by atoms with van der Waals surface area (Å²) in [7, 11) is 1.93. The van der Waals surface area contributed by atoms with E-state index in [9.17, 15) is 4.39 Å². The fourth-order valence-electron chi connectivity index (χ4n) is 2.01. The SMILES string of the molecule is CNC(C)c1cccn1Cc1cc(F)cc(Br)c1. The van der Waals surface area contributed by atoms with Gasteiger partial charge in [0.15, 0.2) is 0 Å². The molecule has 0 aliphatic carbocycles. The van der Waals surface area contributed by atoms with E-state index in [2.05, 4.69) is 38.8 Å². The number of nitrogens with zero attached hydrogens (tertiary/aromatic N) is 1. The average Bonchev–Trinajstić information content (AvgIpc) is 2.74. The second-order valence-electron chi connectivity index (χ2n) is 4.35. The molecule has 0 spiro atoms. The molecule has 0 radical (unpaired) electrons. The molecule has 4 heteroatoms. The van der Waals surface area contributed by atoms with Crippen LogP contribution in [0, 0.1) is 5.82 Å². The highest BCUT2D eigenvalue weighted by Gasteiger charge is 2.08. The first-order valence-electron chi connectivity index (χ1n) is 5.87. The predicted molar refractivity (Wildman–Crippen MR) is 75.1 cm³/mol. The molecule has 0 fully saturated rings. The number of rotatable bonds is 4. The molecule has 2 aromatic rings. The zero-order valence-electron chi connectivity index (χ0n) is 10.5. The summed E-state index contributed by atoms with van der Waals surface area (Å²) in [4.78, 5) is 0. The van der Waals surface area contributed by atoms with Crippen LogP contribution >= 0.6 is 15.9 Å². The van der Waals surface area contributed by atoms with Gasteiger partial charge in [-0.1, -0.05) is 15.9 Å². The zero-order valence-corrected chi connectivity index (χ0v) is 12.0. The molecule has 0 bridgehead atoms. The van der Waals surface area contributed by atoms with Gasteiger partial charge in [-0.25, -0.2) is 4.39 Å². The molecular weight excluding hydrogens is 295 g/mol. The van der Waals surface area contributed by atoms with Crippen LogP contribution in [-0.4, -0.2) is 11.6 Å². The molecule has 1 aromatic heterocycles.